The van der Waals surface area contributed by atoms with E-state index in [1.165, 1.54) is 10.8 Å². The molecule has 2 nitrogen and oxygen atoms in total. The lowest BCUT2D eigenvalue weighted by molar-refractivity contribution is 0.851. The average Bonchev–Trinajstić information content (AvgIpc) is 2.39. The predicted molar refractivity (Wildman–Crippen MR) is 77.8 cm³/mol. The number of aromatic nitrogens is 1. The normalized spacial score (nSPS) is 12.6. The summed E-state index contributed by atoms with van der Waals surface area (Å²) in [7, 11) is 0. The van der Waals surface area contributed by atoms with Crippen molar-refractivity contribution in [2.75, 3.05) is 18.1 Å². The van der Waals surface area contributed by atoms with Crippen molar-refractivity contribution in [1.82, 2.24) is 4.98 Å². The first-order valence-electron chi connectivity index (χ1n) is 5.91. The average molecular weight is 246 g/mol. The summed E-state index contributed by atoms with van der Waals surface area (Å²) in [6, 6.07) is 10.4. The van der Waals surface area contributed by atoms with Gasteiger partial charge >= 0.3 is 0 Å². The number of pyridine rings is 1. The first-order valence-corrected chi connectivity index (χ1v) is 7.20. The number of anilines is 1. The highest BCUT2D eigenvalue weighted by atomic mass is 32.2. The van der Waals surface area contributed by atoms with Crippen LogP contribution in [0.4, 0.5) is 5.82 Å². The van der Waals surface area contributed by atoms with E-state index >= 15 is 0 Å². The molecule has 1 atom stereocenters. The Morgan fingerprint density at radius 3 is 2.94 bits per heavy atom. The molecule has 0 aliphatic carbocycles. The quantitative estimate of drug-likeness (QED) is 0.869. The van der Waals surface area contributed by atoms with Crippen molar-refractivity contribution in [1.29, 1.82) is 0 Å². The molecule has 0 amide bonds. The van der Waals surface area contributed by atoms with E-state index in [-0.39, 0.29) is 0 Å². The molecule has 1 heterocycles. The maximum Gasteiger partial charge on any atom is 0.133 e. The van der Waals surface area contributed by atoms with Crippen molar-refractivity contribution in [2.24, 2.45) is 0 Å². The summed E-state index contributed by atoms with van der Waals surface area (Å²) in [5, 5.41) is 6.56. The Morgan fingerprint density at radius 2 is 2.12 bits per heavy atom. The van der Waals surface area contributed by atoms with E-state index in [4.69, 9.17) is 0 Å². The van der Waals surface area contributed by atoms with Gasteiger partial charge in [-0.15, -0.1) is 0 Å². The number of benzene rings is 1. The molecule has 1 unspecified atom stereocenters. The Labute approximate surface area is 107 Å². The lowest BCUT2D eigenvalue weighted by Crippen LogP contribution is -2.08. The van der Waals surface area contributed by atoms with Gasteiger partial charge in [0.05, 0.1) is 0 Å². The van der Waals surface area contributed by atoms with Crippen LogP contribution in [0, 0.1) is 0 Å². The van der Waals surface area contributed by atoms with Crippen LogP contribution in [-0.2, 0) is 0 Å². The molecule has 0 radical (unpaired) electrons. The number of rotatable bonds is 5. The fourth-order valence-corrected chi connectivity index (χ4v) is 2.13. The van der Waals surface area contributed by atoms with Gasteiger partial charge < -0.3 is 5.32 Å². The zero-order valence-corrected chi connectivity index (χ0v) is 11.1. The molecule has 1 aromatic carbocycles. The molecule has 0 fully saturated rings. The standard InChI is InChI=1S/C14H18N2S/c1-11(17-2)7-9-15-14-13-6-4-3-5-12(13)8-10-16-14/h3-6,8,10-11H,7,9H2,1-2H3,(H,15,16). The summed E-state index contributed by atoms with van der Waals surface area (Å²) in [5.41, 5.74) is 0. The van der Waals surface area contributed by atoms with E-state index in [1.54, 1.807) is 0 Å². The molecule has 17 heavy (non-hydrogen) atoms. The lowest BCUT2D eigenvalue weighted by atomic mass is 10.1. The van der Waals surface area contributed by atoms with E-state index in [0.717, 1.165) is 18.8 Å². The Hall–Kier alpha value is -1.22. The molecule has 0 bridgehead atoms. The monoisotopic (exact) mass is 246 g/mol. The zero-order valence-electron chi connectivity index (χ0n) is 10.3. The third-order valence-electron chi connectivity index (χ3n) is 2.92. The summed E-state index contributed by atoms with van der Waals surface area (Å²) >= 11 is 1.90. The van der Waals surface area contributed by atoms with Crippen molar-refractivity contribution in [2.45, 2.75) is 18.6 Å². The number of thioether (sulfide) groups is 1. The number of fused-ring (bicyclic) bond motifs is 1. The van der Waals surface area contributed by atoms with Crippen LogP contribution in [0.5, 0.6) is 0 Å². The molecule has 0 aliphatic rings. The molecule has 1 aromatic heterocycles. The first-order chi connectivity index (χ1) is 8.31. The number of nitrogens with zero attached hydrogens (tertiary/aromatic N) is 1. The third kappa shape index (κ3) is 3.13. The third-order valence-corrected chi connectivity index (χ3v) is 3.96. The molecule has 2 rings (SSSR count). The van der Waals surface area contributed by atoms with Crippen LogP contribution in [0.1, 0.15) is 13.3 Å². The van der Waals surface area contributed by atoms with Crippen LogP contribution >= 0.6 is 11.8 Å². The highest BCUT2D eigenvalue weighted by Gasteiger charge is 2.02. The summed E-state index contributed by atoms with van der Waals surface area (Å²) in [6.07, 6.45) is 5.18. The number of hydrogen-bond donors (Lipinski definition) is 1. The Morgan fingerprint density at radius 1 is 1.29 bits per heavy atom. The van der Waals surface area contributed by atoms with E-state index in [1.807, 2.05) is 24.0 Å². The van der Waals surface area contributed by atoms with Gasteiger partial charge in [0.1, 0.15) is 5.82 Å². The van der Waals surface area contributed by atoms with Gasteiger partial charge in [-0.3, -0.25) is 0 Å². The van der Waals surface area contributed by atoms with Crippen LogP contribution in [0.25, 0.3) is 10.8 Å². The molecular weight excluding hydrogens is 228 g/mol. The van der Waals surface area contributed by atoms with Crippen molar-refractivity contribution in [3.05, 3.63) is 36.5 Å². The molecule has 90 valence electrons. The topological polar surface area (TPSA) is 24.9 Å². The molecule has 3 heteroatoms. The second-order valence-corrected chi connectivity index (χ2v) is 5.42. The van der Waals surface area contributed by atoms with E-state index in [9.17, 15) is 0 Å². The summed E-state index contributed by atoms with van der Waals surface area (Å²) in [5.74, 6) is 0.997. The van der Waals surface area contributed by atoms with Crippen LogP contribution in [0.2, 0.25) is 0 Å². The van der Waals surface area contributed by atoms with Gasteiger partial charge in [0.2, 0.25) is 0 Å². The lowest BCUT2D eigenvalue weighted by Gasteiger charge is -2.11. The zero-order chi connectivity index (χ0) is 12.1. The largest absolute Gasteiger partial charge is 0.370 e. The van der Waals surface area contributed by atoms with Gasteiger partial charge in [-0.1, -0.05) is 31.2 Å². The highest BCUT2D eigenvalue weighted by Crippen LogP contribution is 2.20. The van der Waals surface area contributed by atoms with Crippen LogP contribution in [0.15, 0.2) is 36.5 Å². The number of hydrogen-bond acceptors (Lipinski definition) is 3. The second-order valence-electron chi connectivity index (χ2n) is 4.14. The van der Waals surface area contributed by atoms with Crippen molar-refractivity contribution in [3.63, 3.8) is 0 Å². The van der Waals surface area contributed by atoms with E-state index in [2.05, 4.69) is 47.7 Å². The highest BCUT2D eigenvalue weighted by molar-refractivity contribution is 7.99. The van der Waals surface area contributed by atoms with Gasteiger partial charge in [-0.25, -0.2) is 4.98 Å². The SMILES string of the molecule is CSC(C)CCNc1nccc2ccccc12. The van der Waals surface area contributed by atoms with E-state index < -0.39 is 0 Å². The predicted octanol–water partition coefficient (Wildman–Crippen LogP) is 3.79. The Balaban J connectivity index is 2.08. The van der Waals surface area contributed by atoms with Gasteiger partial charge in [0, 0.05) is 23.4 Å². The molecule has 2 aromatic rings. The minimum Gasteiger partial charge on any atom is -0.370 e. The summed E-state index contributed by atoms with van der Waals surface area (Å²) < 4.78 is 0. The van der Waals surface area contributed by atoms with Gasteiger partial charge in [-0.05, 0) is 24.1 Å². The van der Waals surface area contributed by atoms with Crippen molar-refractivity contribution < 1.29 is 0 Å². The minimum atomic E-state index is 0.692. The summed E-state index contributed by atoms with van der Waals surface area (Å²) in [4.78, 5) is 4.41. The fourth-order valence-electron chi connectivity index (χ4n) is 1.77. The molecular formula is C14H18N2S. The smallest absolute Gasteiger partial charge is 0.133 e. The Kier molecular flexibility index (Phi) is 4.26. The van der Waals surface area contributed by atoms with Crippen molar-refractivity contribution >= 4 is 28.4 Å². The number of nitrogens with one attached hydrogen (secondary N) is 1. The van der Waals surface area contributed by atoms with Crippen molar-refractivity contribution in [3.8, 4) is 0 Å². The van der Waals surface area contributed by atoms with Gasteiger partial charge in [0.25, 0.3) is 0 Å². The van der Waals surface area contributed by atoms with Crippen LogP contribution < -0.4 is 5.32 Å². The first kappa shape index (κ1) is 12.2. The molecule has 0 spiro atoms. The van der Waals surface area contributed by atoms with Gasteiger partial charge in [0.15, 0.2) is 0 Å². The van der Waals surface area contributed by atoms with Gasteiger partial charge in [-0.2, -0.15) is 11.8 Å². The fraction of sp³-hybridized carbons (Fsp3) is 0.357. The molecule has 0 saturated carbocycles. The summed E-state index contributed by atoms with van der Waals surface area (Å²) in [6.45, 7) is 3.23. The maximum absolute atomic E-state index is 4.41. The minimum absolute atomic E-state index is 0.692. The molecule has 0 aliphatic heterocycles. The molecule has 0 saturated heterocycles. The maximum atomic E-state index is 4.41. The van der Waals surface area contributed by atoms with Crippen LogP contribution in [-0.4, -0.2) is 23.0 Å². The van der Waals surface area contributed by atoms with Crippen LogP contribution in [0.3, 0.4) is 0 Å². The second kappa shape index (κ2) is 5.92. The van der Waals surface area contributed by atoms with E-state index in [0.29, 0.717) is 5.25 Å². The Bertz CT molecular complexity index is 479. The molecule has 1 N–H and O–H groups in total.